The number of anilines is 1. The molecule has 2 atom stereocenters. The van der Waals surface area contributed by atoms with Gasteiger partial charge in [-0.2, -0.15) is 16.9 Å². The Morgan fingerprint density at radius 2 is 1.98 bits per heavy atom. The number of carbonyl (C=O) groups excluding carboxylic acids is 1. The number of nitrogens with zero attached hydrogens (tertiary/aromatic N) is 5. The molecule has 4 aromatic rings. The molecule has 40 heavy (non-hydrogen) atoms. The largest absolute Gasteiger partial charge is 0.496 e. The Morgan fingerprint density at radius 3 is 2.67 bits per heavy atom. The van der Waals surface area contributed by atoms with E-state index in [1.54, 1.807) is 69.2 Å². The predicted molar refractivity (Wildman–Crippen MR) is 160 cm³/mol. The number of aliphatic hydroxyl groups is 1. The van der Waals surface area contributed by atoms with E-state index in [-0.39, 0.29) is 17.7 Å². The molecule has 11 heteroatoms. The molecule has 0 spiro atoms. The fourth-order valence-electron chi connectivity index (χ4n) is 4.66. The van der Waals surface area contributed by atoms with Crippen molar-refractivity contribution in [2.75, 3.05) is 38.0 Å². The van der Waals surface area contributed by atoms with E-state index in [1.165, 1.54) is 0 Å². The van der Waals surface area contributed by atoms with Crippen molar-refractivity contribution in [1.29, 1.82) is 0 Å². The molecule has 212 valence electrons. The van der Waals surface area contributed by atoms with Crippen molar-refractivity contribution in [2.24, 2.45) is 5.92 Å². The van der Waals surface area contributed by atoms with Crippen molar-refractivity contribution in [3.05, 3.63) is 60.2 Å². The van der Waals surface area contributed by atoms with Crippen LogP contribution in [-0.2, 0) is 6.54 Å². The fourth-order valence-corrected chi connectivity index (χ4v) is 5.50. The molecule has 0 bridgehead atoms. The number of ether oxygens (including phenoxy) is 1. The average Bonchev–Trinajstić information content (AvgIpc) is 3.34. The van der Waals surface area contributed by atoms with Crippen molar-refractivity contribution < 1.29 is 14.6 Å². The summed E-state index contributed by atoms with van der Waals surface area (Å²) in [5, 5.41) is 21.6. The lowest BCUT2D eigenvalue weighted by Crippen LogP contribution is -2.26. The number of rotatable bonds is 12. The molecule has 0 aliphatic heterocycles. The van der Waals surface area contributed by atoms with Crippen LogP contribution in [0.15, 0.2) is 49.1 Å². The van der Waals surface area contributed by atoms with Crippen LogP contribution in [0.25, 0.3) is 22.3 Å². The van der Waals surface area contributed by atoms with Crippen molar-refractivity contribution in [3.8, 4) is 17.0 Å². The van der Waals surface area contributed by atoms with Crippen molar-refractivity contribution in [2.45, 2.75) is 38.8 Å². The summed E-state index contributed by atoms with van der Waals surface area (Å²) in [6, 6.07) is 9.53. The number of carbonyl (C=O) groups is 1. The molecule has 3 N–H and O–H groups in total. The summed E-state index contributed by atoms with van der Waals surface area (Å²) >= 11 is 1.79. The van der Waals surface area contributed by atoms with Crippen molar-refractivity contribution in [1.82, 2.24) is 30.0 Å². The summed E-state index contributed by atoms with van der Waals surface area (Å²) in [5.41, 5.74) is 3.06. The van der Waals surface area contributed by atoms with E-state index in [2.05, 4.69) is 43.9 Å². The first-order chi connectivity index (χ1) is 19.1. The second kappa shape index (κ2) is 12.6. The number of fused-ring (bicyclic) bond motifs is 1. The van der Waals surface area contributed by atoms with Gasteiger partial charge < -0.3 is 20.5 Å². The van der Waals surface area contributed by atoms with Crippen molar-refractivity contribution >= 4 is 34.5 Å². The molecule has 0 saturated heterocycles. The van der Waals surface area contributed by atoms with Gasteiger partial charge in [0.2, 0.25) is 0 Å². The lowest BCUT2D eigenvalue weighted by atomic mass is 9.87. The smallest absolute Gasteiger partial charge is 0.251 e. The number of thioether (sulfide) groups is 1. The van der Waals surface area contributed by atoms with E-state index in [4.69, 9.17) is 4.74 Å². The third-order valence-corrected chi connectivity index (χ3v) is 7.58. The third kappa shape index (κ3) is 6.89. The van der Waals surface area contributed by atoms with Crippen LogP contribution in [-0.4, -0.2) is 74.1 Å². The van der Waals surface area contributed by atoms with Gasteiger partial charge in [-0.05, 0) is 61.5 Å². The first kappa shape index (κ1) is 29.3. The highest BCUT2D eigenvalue weighted by Gasteiger charge is 2.23. The second-order valence-corrected chi connectivity index (χ2v) is 11.4. The third-order valence-electron chi connectivity index (χ3n) is 6.82. The number of pyridine rings is 1. The van der Waals surface area contributed by atoms with Gasteiger partial charge in [0.15, 0.2) is 5.65 Å². The standard InChI is InChI=1S/C29H37N7O3S/c1-18(23-8-7-19(28(37)30-4)10-25(23)39-5)22(15-40-6)13-31-26-11-24(33-17-34-26)20-9-21-14-35-36(16-29(2,3)38)27(21)32-12-20/h7-12,14,17-18,22,38H,13,15-16H2,1-6H3,(H,30,37)(H,31,33,34). The van der Waals surface area contributed by atoms with Crippen LogP contribution in [0.3, 0.4) is 0 Å². The number of aromatic nitrogens is 5. The normalized spacial score (nSPS) is 13.2. The van der Waals surface area contributed by atoms with Crippen LogP contribution < -0.4 is 15.4 Å². The maximum Gasteiger partial charge on any atom is 0.251 e. The minimum Gasteiger partial charge on any atom is -0.496 e. The predicted octanol–water partition coefficient (Wildman–Crippen LogP) is 4.22. The summed E-state index contributed by atoms with van der Waals surface area (Å²) in [6.07, 6.45) is 7.17. The highest BCUT2D eigenvalue weighted by molar-refractivity contribution is 7.98. The molecule has 0 radical (unpaired) electrons. The zero-order valence-electron chi connectivity index (χ0n) is 23.8. The Morgan fingerprint density at radius 1 is 1.18 bits per heavy atom. The molecular weight excluding hydrogens is 526 g/mol. The molecule has 1 aromatic carbocycles. The lowest BCUT2D eigenvalue weighted by Gasteiger charge is -2.26. The molecule has 0 aliphatic rings. The Kier molecular flexibility index (Phi) is 9.26. The number of hydrogen-bond donors (Lipinski definition) is 3. The molecular formula is C29H37N7O3S. The Hall–Kier alpha value is -3.70. The average molecular weight is 564 g/mol. The number of methoxy groups -OCH3 is 1. The quantitative estimate of drug-likeness (QED) is 0.232. The SMILES string of the molecule is CNC(=O)c1ccc(C(C)C(CNc2cc(-c3cnc4c(cnn4CC(C)(C)O)c3)ncn2)CSC)c(OC)c1. The van der Waals surface area contributed by atoms with Crippen LogP contribution in [0.5, 0.6) is 5.75 Å². The van der Waals surface area contributed by atoms with Crippen LogP contribution in [0, 0.1) is 5.92 Å². The summed E-state index contributed by atoms with van der Waals surface area (Å²) in [6.45, 7) is 6.72. The summed E-state index contributed by atoms with van der Waals surface area (Å²) in [4.78, 5) is 25.6. The van der Waals surface area contributed by atoms with E-state index in [0.29, 0.717) is 30.0 Å². The van der Waals surface area contributed by atoms with E-state index < -0.39 is 5.60 Å². The monoisotopic (exact) mass is 563 g/mol. The van der Waals surface area contributed by atoms with Crippen LogP contribution in [0.1, 0.15) is 42.6 Å². The van der Waals surface area contributed by atoms with Gasteiger partial charge in [0.25, 0.3) is 5.91 Å². The van der Waals surface area contributed by atoms with Crippen LogP contribution in [0.4, 0.5) is 5.82 Å². The Balaban J connectivity index is 1.51. The Bertz CT molecular complexity index is 1470. The molecule has 2 unspecified atom stereocenters. The van der Waals surface area contributed by atoms with Gasteiger partial charge in [0.1, 0.15) is 17.9 Å². The van der Waals surface area contributed by atoms with E-state index >= 15 is 0 Å². The number of benzene rings is 1. The van der Waals surface area contributed by atoms with Gasteiger partial charge in [0.05, 0.1) is 31.1 Å². The fraction of sp³-hybridized carbons (Fsp3) is 0.414. The van der Waals surface area contributed by atoms with Crippen molar-refractivity contribution in [3.63, 3.8) is 0 Å². The topological polar surface area (TPSA) is 127 Å². The molecule has 3 heterocycles. The van der Waals surface area contributed by atoms with Gasteiger partial charge in [-0.1, -0.05) is 13.0 Å². The number of amides is 1. The lowest BCUT2D eigenvalue weighted by molar-refractivity contribution is 0.0589. The van der Waals surface area contributed by atoms with Gasteiger partial charge in [-0.25, -0.2) is 19.6 Å². The molecule has 0 fully saturated rings. The van der Waals surface area contributed by atoms with Gasteiger partial charge in [0, 0.05) is 42.4 Å². The number of nitrogens with one attached hydrogen (secondary N) is 2. The molecule has 3 aromatic heterocycles. The molecule has 0 aliphatic carbocycles. The minimum atomic E-state index is -0.891. The van der Waals surface area contributed by atoms with Crippen LogP contribution >= 0.6 is 11.8 Å². The van der Waals surface area contributed by atoms with Gasteiger partial charge in [-0.15, -0.1) is 0 Å². The second-order valence-electron chi connectivity index (χ2n) is 10.5. The molecule has 1 amide bonds. The minimum absolute atomic E-state index is 0.142. The zero-order chi connectivity index (χ0) is 28.9. The van der Waals surface area contributed by atoms with E-state index in [9.17, 15) is 9.90 Å². The van der Waals surface area contributed by atoms with E-state index in [0.717, 1.165) is 33.8 Å². The van der Waals surface area contributed by atoms with Gasteiger partial charge in [-0.3, -0.25) is 4.79 Å². The summed E-state index contributed by atoms with van der Waals surface area (Å²) < 4.78 is 7.37. The zero-order valence-corrected chi connectivity index (χ0v) is 24.6. The highest BCUT2D eigenvalue weighted by atomic mass is 32.2. The molecule has 10 nitrogen and oxygen atoms in total. The molecule has 4 rings (SSSR count). The highest BCUT2D eigenvalue weighted by Crippen LogP contribution is 2.34. The number of hydrogen-bond acceptors (Lipinski definition) is 9. The van der Waals surface area contributed by atoms with Gasteiger partial charge >= 0.3 is 0 Å². The van der Waals surface area contributed by atoms with Crippen LogP contribution in [0.2, 0.25) is 0 Å². The molecule has 0 saturated carbocycles. The summed E-state index contributed by atoms with van der Waals surface area (Å²) in [5.74, 6) is 2.66. The van der Waals surface area contributed by atoms with E-state index in [1.807, 2.05) is 24.3 Å². The first-order valence-electron chi connectivity index (χ1n) is 13.1. The maximum atomic E-state index is 12.1. The summed E-state index contributed by atoms with van der Waals surface area (Å²) in [7, 11) is 3.25. The Labute approximate surface area is 239 Å². The maximum absolute atomic E-state index is 12.1. The first-order valence-corrected chi connectivity index (χ1v) is 14.5.